The molecule has 0 radical (unpaired) electrons. The smallest absolute Gasteiger partial charge is 0.313 e. The maximum Gasteiger partial charge on any atom is 0.313 e. The molecule has 144 valence electrons. The Hall–Kier alpha value is -1.39. The summed E-state index contributed by atoms with van der Waals surface area (Å²) in [5, 5.41) is -0.344. The van der Waals surface area contributed by atoms with Gasteiger partial charge in [0, 0.05) is 43.4 Å². The number of carbonyl (C=O) groups is 1. The van der Waals surface area contributed by atoms with Gasteiger partial charge in [-0.05, 0) is 31.2 Å². The highest BCUT2D eigenvalue weighted by Gasteiger charge is 2.45. The summed E-state index contributed by atoms with van der Waals surface area (Å²) in [6.45, 7) is 4.02. The first-order valence-corrected chi connectivity index (χ1v) is 10.5. The molecule has 3 rings (SSSR count). The van der Waals surface area contributed by atoms with Gasteiger partial charge in [0.25, 0.3) is 0 Å². The standard InChI is InChI=1S/C16H23ClN4O4S/c1-2-25-16(22)14-11-18-19-15(14)26(23,24)21-9-7-20(8-10-21)13-5-3-12(17)4-6-13/h3-6,14-15,18-19H,2,7-11H2,1H3. The Morgan fingerprint density at radius 2 is 1.88 bits per heavy atom. The van der Waals surface area contributed by atoms with Gasteiger partial charge in [0.15, 0.2) is 5.37 Å². The number of nitrogens with zero attached hydrogens (tertiary/aromatic N) is 2. The van der Waals surface area contributed by atoms with Gasteiger partial charge in [0.1, 0.15) is 5.92 Å². The van der Waals surface area contributed by atoms with Gasteiger partial charge < -0.3 is 9.64 Å². The number of hydrogen-bond donors (Lipinski definition) is 2. The minimum Gasteiger partial charge on any atom is -0.466 e. The van der Waals surface area contributed by atoms with E-state index in [-0.39, 0.29) is 13.2 Å². The third-order valence-corrected chi connectivity index (χ3v) is 7.06. The number of halogens is 1. The number of esters is 1. The van der Waals surface area contributed by atoms with Crippen LogP contribution in [0.3, 0.4) is 0 Å². The van der Waals surface area contributed by atoms with Crippen LogP contribution in [-0.2, 0) is 19.6 Å². The number of anilines is 1. The van der Waals surface area contributed by atoms with E-state index in [1.54, 1.807) is 6.92 Å². The number of carbonyl (C=O) groups excluding carboxylic acids is 1. The Balaban J connectivity index is 1.66. The van der Waals surface area contributed by atoms with Crippen molar-refractivity contribution < 1.29 is 17.9 Å². The summed E-state index contributed by atoms with van der Waals surface area (Å²) in [6, 6.07) is 7.48. The lowest BCUT2D eigenvalue weighted by molar-refractivity contribution is -0.147. The molecule has 2 saturated heterocycles. The lowest BCUT2D eigenvalue weighted by Gasteiger charge is -2.37. The number of benzene rings is 1. The van der Waals surface area contributed by atoms with E-state index in [1.807, 2.05) is 24.3 Å². The molecular formula is C16H23ClN4O4S. The first kappa shape index (κ1) is 19.4. The lowest BCUT2D eigenvalue weighted by atomic mass is 10.2. The zero-order chi connectivity index (χ0) is 18.7. The number of hydrogen-bond acceptors (Lipinski definition) is 7. The highest BCUT2D eigenvalue weighted by atomic mass is 35.5. The number of sulfonamides is 1. The highest BCUT2D eigenvalue weighted by Crippen LogP contribution is 2.24. The molecule has 2 N–H and O–H groups in total. The summed E-state index contributed by atoms with van der Waals surface area (Å²) in [5.41, 5.74) is 6.50. The minimum atomic E-state index is -3.68. The fourth-order valence-corrected chi connectivity index (χ4v) is 5.20. The normalized spacial score (nSPS) is 24.6. The zero-order valence-corrected chi connectivity index (χ0v) is 16.1. The van der Waals surface area contributed by atoms with Crippen molar-refractivity contribution in [3.05, 3.63) is 29.3 Å². The molecule has 2 unspecified atom stereocenters. The summed E-state index contributed by atoms with van der Waals surface area (Å²) in [4.78, 5) is 14.2. The van der Waals surface area contributed by atoms with Crippen molar-refractivity contribution in [3.8, 4) is 0 Å². The summed E-state index contributed by atoms with van der Waals surface area (Å²) >= 11 is 5.91. The lowest BCUT2D eigenvalue weighted by Crippen LogP contribution is -2.55. The molecule has 2 aliphatic rings. The van der Waals surface area contributed by atoms with Crippen LogP contribution in [0, 0.1) is 5.92 Å². The molecule has 0 spiro atoms. The third kappa shape index (κ3) is 3.96. The van der Waals surface area contributed by atoms with Crippen LogP contribution in [0.2, 0.25) is 5.02 Å². The van der Waals surface area contributed by atoms with Crippen LogP contribution in [0.25, 0.3) is 0 Å². The van der Waals surface area contributed by atoms with Gasteiger partial charge in [-0.2, -0.15) is 4.31 Å². The molecule has 2 aliphatic heterocycles. The third-order valence-electron chi connectivity index (χ3n) is 4.63. The molecule has 0 saturated carbocycles. The summed E-state index contributed by atoms with van der Waals surface area (Å²) in [6.07, 6.45) is 0. The van der Waals surface area contributed by atoms with Crippen molar-refractivity contribution in [2.75, 3.05) is 44.2 Å². The minimum absolute atomic E-state index is 0.224. The van der Waals surface area contributed by atoms with Crippen LogP contribution >= 0.6 is 11.6 Å². The van der Waals surface area contributed by atoms with Crippen molar-refractivity contribution in [1.29, 1.82) is 0 Å². The number of piperazine rings is 1. The number of ether oxygens (including phenoxy) is 1. The van der Waals surface area contributed by atoms with Gasteiger partial charge in [0.05, 0.1) is 6.61 Å². The van der Waals surface area contributed by atoms with Gasteiger partial charge in [0.2, 0.25) is 10.0 Å². The molecule has 2 fully saturated rings. The number of rotatable bonds is 5. The van der Waals surface area contributed by atoms with E-state index >= 15 is 0 Å². The van der Waals surface area contributed by atoms with Gasteiger partial charge in [-0.15, -0.1) is 0 Å². The van der Waals surface area contributed by atoms with Crippen molar-refractivity contribution in [1.82, 2.24) is 15.2 Å². The molecule has 0 aromatic heterocycles. The molecule has 0 aliphatic carbocycles. The van der Waals surface area contributed by atoms with E-state index in [0.717, 1.165) is 5.69 Å². The van der Waals surface area contributed by atoms with E-state index in [4.69, 9.17) is 16.3 Å². The monoisotopic (exact) mass is 402 g/mol. The molecule has 10 heteroatoms. The molecule has 26 heavy (non-hydrogen) atoms. The average Bonchev–Trinajstić information content (AvgIpc) is 3.13. The van der Waals surface area contributed by atoms with Crippen LogP contribution < -0.4 is 15.8 Å². The zero-order valence-electron chi connectivity index (χ0n) is 14.5. The molecule has 0 amide bonds. The fraction of sp³-hybridized carbons (Fsp3) is 0.562. The summed E-state index contributed by atoms with van der Waals surface area (Å²) in [7, 11) is -3.68. The van der Waals surface area contributed by atoms with Crippen molar-refractivity contribution in [2.24, 2.45) is 5.92 Å². The van der Waals surface area contributed by atoms with Crippen molar-refractivity contribution in [3.63, 3.8) is 0 Å². The van der Waals surface area contributed by atoms with E-state index in [1.165, 1.54) is 4.31 Å². The first-order valence-electron chi connectivity index (χ1n) is 8.58. The quantitative estimate of drug-likeness (QED) is 0.689. The second-order valence-corrected chi connectivity index (χ2v) is 8.70. The maximum atomic E-state index is 13.0. The van der Waals surface area contributed by atoms with Crippen LogP contribution in [-0.4, -0.2) is 63.4 Å². The van der Waals surface area contributed by atoms with Gasteiger partial charge in [-0.25, -0.2) is 13.8 Å². The van der Waals surface area contributed by atoms with Crippen molar-refractivity contribution >= 4 is 33.3 Å². The van der Waals surface area contributed by atoms with Crippen LogP contribution in [0.1, 0.15) is 6.92 Å². The summed E-state index contributed by atoms with van der Waals surface area (Å²) in [5.74, 6) is -1.26. The molecule has 2 heterocycles. The van der Waals surface area contributed by atoms with Gasteiger partial charge in [-0.1, -0.05) is 11.6 Å². The maximum absolute atomic E-state index is 13.0. The summed E-state index contributed by atoms with van der Waals surface area (Å²) < 4.78 is 32.4. The van der Waals surface area contributed by atoms with Gasteiger partial charge in [-0.3, -0.25) is 10.2 Å². The highest BCUT2D eigenvalue weighted by molar-refractivity contribution is 7.89. The Morgan fingerprint density at radius 1 is 1.23 bits per heavy atom. The predicted molar refractivity (Wildman–Crippen MR) is 99.2 cm³/mol. The molecule has 8 nitrogen and oxygen atoms in total. The molecule has 0 bridgehead atoms. The Labute approximate surface area is 158 Å². The van der Waals surface area contributed by atoms with Crippen LogP contribution in [0.5, 0.6) is 0 Å². The second-order valence-electron chi connectivity index (χ2n) is 6.21. The molecule has 1 aromatic rings. The second kappa shape index (κ2) is 8.10. The molecule has 2 atom stereocenters. The Bertz CT molecular complexity index is 735. The average molecular weight is 403 g/mol. The topological polar surface area (TPSA) is 91.0 Å². The van der Waals surface area contributed by atoms with Gasteiger partial charge >= 0.3 is 5.97 Å². The van der Waals surface area contributed by atoms with E-state index in [2.05, 4.69) is 15.8 Å². The SMILES string of the molecule is CCOC(=O)C1CNNC1S(=O)(=O)N1CCN(c2ccc(Cl)cc2)CC1. The number of hydrazine groups is 1. The van der Waals surface area contributed by atoms with Crippen LogP contribution in [0.15, 0.2) is 24.3 Å². The predicted octanol–water partition coefficient (Wildman–Crippen LogP) is 0.405. The first-order chi connectivity index (χ1) is 12.4. The molecular weight excluding hydrogens is 380 g/mol. The van der Waals surface area contributed by atoms with Crippen molar-refractivity contribution in [2.45, 2.75) is 12.3 Å². The molecule has 1 aromatic carbocycles. The Morgan fingerprint density at radius 3 is 2.50 bits per heavy atom. The van der Waals surface area contributed by atoms with E-state index < -0.39 is 27.3 Å². The van der Waals surface area contributed by atoms with E-state index in [9.17, 15) is 13.2 Å². The largest absolute Gasteiger partial charge is 0.466 e. The number of nitrogens with one attached hydrogen (secondary N) is 2. The Kier molecular flexibility index (Phi) is 6.03. The fourth-order valence-electron chi connectivity index (χ4n) is 3.23. The van der Waals surface area contributed by atoms with Crippen LogP contribution in [0.4, 0.5) is 5.69 Å². The van der Waals surface area contributed by atoms with E-state index in [0.29, 0.717) is 31.2 Å².